The van der Waals surface area contributed by atoms with Crippen LogP contribution in [0.3, 0.4) is 0 Å². The highest BCUT2D eigenvalue weighted by Gasteiger charge is 1.96. The lowest BCUT2D eigenvalue weighted by atomic mass is 10.2. The predicted molar refractivity (Wildman–Crippen MR) is 43.9 cm³/mol. The summed E-state index contributed by atoms with van der Waals surface area (Å²) in [4.78, 5) is 7.95. The summed E-state index contributed by atoms with van der Waals surface area (Å²) in [7, 11) is 0. The van der Waals surface area contributed by atoms with Gasteiger partial charge in [-0.15, -0.1) is 0 Å². The maximum absolute atomic E-state index is 5.43. The van der Waals surface area contributed by atoms with Gasteiger partial charge in [0.15, 0.2) is 0 Å². The third-order valence-electron chi connectivity index (χ3n) is 1.33. The van der Waals surface area contributed by atoms with Crippen LogP contribution in [0.25, 0.3) is 0 Å². The van der Waals surface area contributed by atoms with Gasteiger partial charge in [-0.05, 0) is 19.5 Å². The van der Waals surface area contributed by atoms with E-state index in [1.54, 1.807) is 0 Å². The third kappa shape index (κ3) is 2.16. The summed E-state index contributed by atoms with van der Waals surface area (Å²) < 4.78 is 0. The first-order chi connectivity index (χ1) is 5.22. The number of rotatable bonds is 2. The summed E-state index contributed by atoms with van der Waals surface area (Å²) >= 11 is 0. The average molecular weight is 152 g/mol. The van der Waals surface area contributed by atoms with Gasteiger partial charge < -0.3 is 11.5 Å². The van der Waals surface area contributed by atoms with Crippen molar-refractivity contribution in [2.24, 2.45) is 5.73 Å². The third-order valence-corrected chi connectivity index (χ3v) is 1.33. The molecule has 11 heavy (non-hydrogen) atoms. The Hall–Kier alpha value is -1.16. The Kier molecular flexibility index (Phi) is 2.38. The van der Waals surface area contributed by atoms with Gasteiger partial charge in [0.05, 0.1) is 0 Å². The summed E-state index contributed by atoms with van der Waals surface area (Å²) in [5.41, 5.74) is 12.6. The Labute approximate surface area is 65.6 Å². The van der Waals surface area contributed by atoms with Crippen molar-refractivity contribution in [1.82, 2.24) is 9.97 Å². The zero-order valence-electron chi connectivity index (χ0n) is 6.54. The molecule has 60 valence electrons. The average Bonchev–Trinajstić information content (AvgIpc) is 1.85. The van der Waals surface area contributed by atoms with Gasteiger partial charge in [0, 0.05) is 17.8 Å². The van der Waals surface area contributed by atoms with E-state index in [1.807, 2.05) is 13.0 Å². The zero-order chi connectivity index (χ0) is 8.27. The normalized spacial score (nSPS) is 10.0. The van der Waals surface area contributed by atoms with Crippen LogP contribution >= 0.6 is 0 Å². The number of aryl methyl sites for hydroxylation is 1. The lowest BCUT2D eigenvalue weighted by Gasteiger charge is -1.99. The topological polar surface area (TPSA) is 77.8 Å². The van der Waals surface area contributed by atoms with Crippen LogP contribution in [0.4, 0.5) is 5.95 Å². The van der Waals surface area contributed by atoms with Crippen molar-refractivity contribution in [3.8, 4) is 0 Å². The molecule has 0 radical (unpaired) electrons. The molecule has 0 saturated heterocycles. The van der Waals surface area contributed by atoms with E-state index in [-0.39, 0.29) is 0 Å². The highest BCUT2D eigenvalue weighted by Crippen LogP contribution is 2.01. The summed E-state index contributed by atoms with van der Waals surface area (Å²) in [6.07, 6.45) is 0.758. The van der Waals surface area contributed by atoms with E-state index in [0.717, 1.165) is 17.8 Å². The quantitative estimate of drug-likeness (QED) is 0.618. The highest BCUT2D eigenvalue weighted by atomic mass is 15.0. The van der Waals surface area contributed by atoms with Crippen LogP contribution in [0.1, 0.15) is 11.4 Å². The second-order valence-corrected chi connectivity index (χ2v) is 2.40. The molecule has 0 amide bonds. The predicted octanol–water partition coefficient (Wildman–Crippen LogP) is -0.132. The molecule has 4 heteroatoms. The van der Waals surface area contributed by atoms with E-state index in [4.69, 9.17) is 11.5 Å². The van der Waals surface area contributed by atoms with Gasteiger partial charge in [0.2, 0.25) is 5.95 Å². The minimum atomic E-state index is 0.327. The molecule has 0 aliphatic heterocycles. The Morgan fingerprint density at radius 3 is 2.73 bits per heavy atom. The molecule has 1 aromatic heterocycles. The molecule has 4 N–H and O–H groups in total. The van der Waals surface area contributed by atoms with Crippen LogP contribution in [0.15, 0.2) is 6.07 Å². The molecule has 1 heterocycles. The Bertz CT molecular complexity index is 226. The molecule has 0 atom stereocenters. The molecule has 0 aliphatic rings. The molecular weight excluding hydrogens is 140 g/mol. The largest absolute Gasteiger partial charge is 0.368 e. The second kappa shape index (κ2) is 3.30. The molecule has 0 aliphatic carbocycles. The molecule has 0 spiro atoms. The van der Waals surface area contributed by atoms with Gasteiger partial charge in [0.25, 0.3) is 0 Å². The number of nitrogen functional groups attached to an aromatic ring is 1. The zero-order valence-corrected chi connectivity index (χ0v) is 6.54. The summed E-state index contributed by atoms with van der Waals surface area (Å²) in [5.74, 6) is 0.327. The van der Waals surface area contributed by atoms with Crippen molar-refractivity contribution in [3.05, 3.63) is 17.5 Å². The lowest BCUT2D eigenvalue weighted by molar-refractivity contribution is 0.906. The molecule has 4 nitrogen and oxygen atoms in total. The van der Waals surface area contributed by atoms with Gasteiger partial charge in [-0.25, -0.2) is 9.97 Å². The fraction of sp³-hybridized carbons (Fsp3) is 0.429. The first-order valence-corrected chi connectivity index (χ1v) is 3.52. The number of hydrogen-bond donors (Lipinski definition) is 2. The number of nitrogens with zero attached hydrogens (tertiary/aromatic N) is 2. The van der Waals surface area contributed by atoms with Crippen LogP contribution in [0, 0.1) is 6.92 Å². The summed E-state index contributed by atoms with van der Waals surface area (Å²) in [6.45, 7) is 2.48. The molecule has 0 fully saturated rings. The van der Waals surface area contributed by atoms with Gasteiger partial charge >= 0.3 is 0 Å². The maximum Gasteiger partial charge on any atom is 0.220 e. The number of nitrogens with two attached hydrogens (primary N) is 2. The van der Waals surface area contributed by atoms with E-state index in [0.29, 0.717) is 12.5 Å². The van der Waals surface area contributed by atoms with Crippen LogP contribution in [0.5, 0.6) is 0 Å². The van der Waals surface area contributed by atoms with E-state index in [2.05, 4.69) is 9.97 Å². The molecule has 0 bridgehead atoms. The summed E-state index contributed by atoms with van der Waals surface area (Å²) in [6, 6.07) is 1.89. The molecular formula is C7H12N4. The fourth-order valence-corrected chi connectivity index (χ4v) is 0.934. The Balaban J connectivity index is 2.89. The maximum atomic E-state index is 5.43. The van der Waals surface area contributed by atoms with Crippen molar-refractivity contribution in [2.75, 3.05) is 12.3 Å². The Morgan fingerprint density at radius 1 is 1.45 bits per heavy atom. The van der Waals surface area contributed by atoms with Crippen LogP contribution in [-0.4, -0.2) is 16.5 Å². The smallest absolute Gasteiger partial charge is 0.220 e. The van der Waals surface area contributed by atoms with E-state index in [9.17, 15) is 0 Å². The molecule has 0 aromatic carbocycles. The van der Waals surface area contributed by atoms with E-state index < -0.39 is 0 Å². The van der Waals surface area contributed by atoms with Gasteiger partial charge in [-0.1, -0.05) is 0 Å². The Morgan fingerprint density at radius 2 is 2.18 bits per heavy atom. The second-order valence-electron chi connectivity index (χ2n) is 2.40. The SMILES string of the molecule is Cc1cc(CCN)nc(N)n1. The van der Waals surface area contributed by atoms with Crippen LogP contribution < -0.4 is 11.5 Å². The van der Waals surface area contributed by atoms with E-state index >= 15 is 0 Å². The summed E-state index contributed by atoms with van der Waals surface area (Å²) in [5, 5.41) is 0. The van der Waals surface area contributed by atoms with Crippen molar-refractivity contribution in [3.63, 3.8) is 0 Å². The molecule has 1 rings (SSSR count). The minimum absolute atomic E-state index is 0.327. The number of hydrogen-bond acceptors (Lipinski definition) is 4. The van der Waals surface area contributed by atoms with Gasteiger partial charge in [-0.2, -0.15) is 0 Å². The van der Waals surface area contributed by atoms with Crippen molar-refractivity contribution < 1.29 is 0 Å². The number of anilines is 1. The standard InChI is InChI=1S/C7H12N4/c1-5-4-6(2-3-8)11-7(9)10-5/h4H,2-3,8H2,1H3,(H2,9,10,11). The monoisotopic (exact) mass is 152 g/mol. The van der Waals surface area contributed by atoms with Crippen LogP contribution in [-0.2, 0) is 6.42 Å². The molecule has 0 saturated carbocycles. The van der Waals surface area contributed by atoms with Gasteiger partial charge in [-0.3, -0.25) is 0 Å². The lowest BCUT2D eigenvalue weighted by Crippen LogP contribution is -2.07. The van der Waals surface area contributed by atoms with Gasteiger partial charge in [0.1, 0.15) is 0 Å². The highest BCUT2D eigenvalue weighted by molar-refractivity contribution is 5.21. The van der Waals surface area contributed by atoms with Crippen molar-refractivity contribution in [2.45, 2.75) is 13.3 Å². The van der Waals surface area contributed by atoms with Crippen molar-refractivity contribution >= 4 is 5.95 Å². The molecule has 0 unspecified atom stereocenters. The van der Waals surface area contributed by atoms with E-state index in [1.165, 1.54) is 0 Å². The van der Waals surface area contributed by atoms with Crippen molar-refractivity contribution in [1.29, 1.82) is 0 Å². The molecule has 1 aromatic rings. The van der Waals surface area contributed by atoms with Crippen LogP contribution in [0.2, 0.25) is 0 Å². The minimum Gasteiger partial charge on any atom is -0.368 e. The number of aromatic nitrogens is 2. The first kappa shape index (κ1) is 7.94. The fourth-order valence-electron chi connectivity index (χ4n) is 0.934. The first-order valence-electron chi connectivity index (χ1n) is 3.52.